The molecule has 3 nitrogen and oxygen atoms in total. The lowest BCUT2D eigenvalue weighted by Gasteiger charge is -2.13. The highest BCUT2D eigenvalue weighted by Gasteiger charge is 2.36. The predicted molar refractivity (Wildman–Crippen MR) is 47.1 cm³/mol. The van der Waals surface area contributed by atoms with Crippen LogP contribution in [-0.2, 0) is 12.6 Å². The average molecular weight is 226 g/mol. The fraction of sp³-hybridized carbons (Fsp3) is 0.200. The van der Waals surface area contributed by atoms with E-state index in [9.17, 15) is 18.3 Å². The van der Waals surface area contributed by atoms with Gasteiger partial charge in [0.1, 0.15) is 11.3 Å². The maximum Gasteiger partial charge on any atom is 0.420 e. The Hall–Kier alpha value is -2.21. The predicted octanol–water partition coefficient (Wildman–Crippen LogP) is 2.35. The molecule has 82 valence electrons. The first-order valence-corrected chi connectivity index (χ1v) is 4.10. The number of nitrogens with zero attached hydrogens (tertiary/aromatic N) is 2. The van der Waals surface area contributed by atoms with Crippen molar-refractivity contribution < 1.29 is 18.3 Å². The zero-order valence-corrected chi connectivity index (χ0v) is 7.84. The van der Waals surface area contributed by atoms with Gasteiger partial charge in [0.05, 0.1) is 24.1 Å². The third kappa shape index (κ3) is 2.23. The first-order valence-electron chi connectivity index (χ1n) is 4.10. The van der Waals surface area contributed by atoms with E-state index in [4.69, 9.17) is 10.5 Å². The number of alkyl halides is 3. The Bertz CT molecular complexity index is 495. The molecule has 1 rings (SSSR count). The van der Waals surface area contributed by atoms with Crippen molar-refractivity contribution in [3.8, 4) is 17.9 Å². The summed E-state index contributed by atoms with van der Waals surface area (Å²) in [6, 6.07) is 4.84. The van der Waals surface area contributed by atoms with Gasteiger partial charge < -0.3 is 5.11 Å². The molecule has 0 spiro atoms. The molecule has 0 amide bonds. The third-order valence-electron chi connectivity index (χ3n) is 1.88. The van der Waals surface area contributed by atoms with Gasteiger partial charge in [0.15, 0.2) is 0 Å². The molecule has 0 fully saturated rings. The quantitative estimate of drug-likeness (QED) is 0.799. The molecule has 0 aliphatic rings. The highest BCUT2D eigenvalue weighted by atomic mass is 19.4. The van der Waals surface area contributed by atoms with Crippen molar-refractivity contribution in [2.24, 2.45) is 0 Å². The number of nitriles is 2. The van der Waals surface area contributed by atoms with Crippen LogP contribution in [0.25, 0.3) is 0 Å². The fourth-order valence-electron chi connectivity index (χ4n) is 1.30. The lowest BCUT2D eigenvalue weighted by atomic mass is 10.0. The second-order valence-corrected chi connectivity index (χ2v) is 2.97. The molecule has 6 heteroatoms. The zero-order chi connectivity index (χ0) is 12.3. The molecule has 0 radical (unpaired) electrons. The van der Waals surface area contributed by atoms with Gasteiger partial charge in [-0.2, -0.15) is 23.7 Å². The summed E-state index contributed by atoms with van der Waals surface area (Å²) in [6.07, 6.45) is -5.26. The van der Waals surface area contributed by atoms with E-state index in [2.05, 4.69) is 0 Å². The Morgan fingerprint density at radius 1 is 1.25 bits per heavy atom. The Labute approximate surface area is 89.0 Å². The Morgan fingerprint density at radius 3 is 2.31 bits per heavy atom. The minimum Gasteiger partial charge on any atom is -0.507 e. The Balaban J connectivity index is 3.49. The van der Waals surface area contributed by atoms with Crippen LogP contribution in [0.15, 0.2) is 12.1 Å². The van der Waals surface area contributed by atoms with Crippen LogP contribution in [0.5, 0.6) is 5.75 Å². The Morgan fingerprint density at radius 2 is 1.88 bits per heavy atom. The molecule has 0 aliphatic heterocycles. The summed E-state index contributed by atoms with van der Waals surface area (Å²) in [5.74, 6) is -1.03. The van der Waals surface area contributed by atoms with E-state index in [-0.39, 0.29) is 5.56 Å². The van der Waals surface area contributed by atoms with Crippen molar-refractivity contribution in [1.82, 2.24) is 0 Å². The van der Waals surface area contributed by atoms with Crippen molar-refractivity contribution >= 4 is 0 Å². The number of rotatable bonds is 1. The molecule has 1 aromatic carbocycles. The van der Waals surface area contributed by atoms with Gasteiger partial charge in [-0.05, 0) is 17.7 Å². The molecular formula is C10H5F3N2O. The minimum atomic E-state index is -4.75. The van der Waals surface area contributed by atoms with Crippen LogP contribution in [0.2, 0.25) is 0 Å². The van der Waals surface area contributed by atoms with E-state index in [0.717, 1.165) is 12.1 Å². The van der Waals surface area contributed by atoms with Crippen molar-refractivity contribution in [2.45, 2.75) is 12.6 Å². The van der Waals surface area contributed by atoms with Gasteiger partial charge in [-0.15, -0.1) is 0 Å². The van der Waals surface area contributed by atoms with Crippen LogP contribution in [0.1, 0.15) is 16.7 Å². The van der Waals surface area contributed by atoms with Gasteiger partial charge in [0, 0.05) is 0 Å². The van der Waals surface area contributed by atoms with Gasteiger partial charge in [0.2, 0.25) is 0 Å². The van der Waals surface area contributed by atoms with Gasteiger partial charge in [-0.1, -0.05) is 0 Å². The number of hydrogen-bond donors (Lipinski definition) is 1. The summed E-state index contributed by atoms with van der Waals surface area (Å²) in [4.78, 5) is 0. The molecule has 0 saturated carbocycles. The molecular weight excluding hydrogens is 221 g/mol. The minimum absolute atomic E-state index is 0.115. The van der Waals surface area contributed by atoms with E-state index < -0.39 is 29.5 Å². The van der Waals surface area contributed by atoms with Crippen LogP contribution in [0, 0.1) is 22.7 Å². The van der Waals surface area contributed by atoms with Crippen LogP contribution < -0.4 is 0 Å². The summed E-state index contributed by atoms with van der Waals surface area (Å²) < 4.78 is 37.5. The van der Waals surface area contributed by atoms with Crippen molar-refractivity contribution in [1.29, 1.82) is 10.5 Å². The summed E-state index contributed by atoms with van der Waals surface area (Å²) in [7, 11) is 0. The van der Waals surface area contributed by atoms with Gasteiger partial charge >= 0.3 is 6.18 Å². The van der Waals surface area contributed by atoms with Crippen molar-refractivity contribution in [2.75, 3.05) is 0 Å². The van der Waals surface area contributed by atoms with Crippen molar-refractivity contribution in [3.05, 3.63) is 28.8 Å². The fourth-order valence-corrected chi connectivity index (χ4v) is 1.30. The molecule has 0 aromatic heterocycles. The molecule has 0 heterocycles. The third-order valence-corrected chi connectivity index (χ3v) is 1.88. The van der Waals surface area contributed by atoms with E-state index >= 15 is 0 Å². The maximum absolute atomic E-state index is 12.5. The average Bonchev–Trinajstić information content (AvgIpc) is 2.15. The summed E-state index contributed by atoms with van der Waals surface area (Å²) in [5, 5.41) is 26.1. The lowest BCUT2D eigenvalue weighted by molar-refractivity contribution is -0.139. The molecule has 1 aromatic rings. The summed E-state index contributed by atoms with van der Waals surface area (Å²) in [6.45, 7) is 0. The summed E-state index contributed by atoms with van der Waals surface area (Å²) >= 11 is 0. The second kappa shape index (κ2) is 4.11. The van der Waals surface area contributed by atoms with E-state index in [1.807, 2.05) is 0 Å². The van der Waals surface area contributed by atoms with E-state index in [1.165, 1.54) is 0 Å². The van der Waals surface area contributed by atoms with Gasteiger partial charge in [-0.25, -0.2) is 0 Å². The number of benzene rings is 1. The van der Waals surface area contributed by atoms with Crippen LogP contribution in [0.4, 0.5) is 13.2 Å². The second-order valence-electron chi connectivity index (χ2n) is 2.97. The van der Waals surface area contributed by atoms with Crippen LogP contribution in [-0.4, -0.2) is 5.11 Å². The number of hydrogen-bond acceptors (Lipinski definition) is 3. The van der Waals surface area contributed by atoms with Gasteiger partial charge in [-0.3, -0.25) is 0 Å². The Kier molecular flexibility index (Phi) is 3.05. The smallest absolute Gasteiger partial charge is 0.420 e. The highest BCUT2D eigenvalue weighted by Crippen LogP contribution is 2.39. The molecule has 0 aliphatic carbocycles. The maximum atomic E-state index is 12.5. The topological polar surface area (TPSA) is 67.8 Å². The molecule has 0 bridgehead atoms. The molecule has 0 unspecified atom stereocenters. The van der Waals surface area contributed by atoms with Crippen molar-refractivity contribution in [3.63, 3.8) is 0 Å². The number of aromatic hydroxyl groups is 1. The van der Waals surface area contributed by atoms with E-state index in [0.29, 0.717) is 0 Å². The first kappa shape index (κ1) is 11.9. The lowest BCUT2D eigenvalue weighted by Crippen LogP contribution is -2.10. The first-order chi connectivity index (χ1) is 7.40. The van der Waals surface area contributed by atoms with Gasteiger partial charge in [0.25, 0.3) is 0 Å². The monoisotopic (exact) mass is 226 g/mol. The summed E-state index contributed by atoms with van der Waals surface area (Å²) in [5.41, 5.74) is -1.77. The standard InChI is InChI=1S/C10H5F3N2O/c11-10(12,13)9-7(1-2-14)3-6(5-15)4-8(9)16/h3-4,16H,1H2. The zero-order valence-electron chi connectivity index (χ0n) is 7.84. The van der Waals surface area contributed by atoms with Crippen LogP contribution >= 0.6 is 0 Å². The molecule has 1 N–H and O–H groups in total. The molecule has 16 heavy (non-hydrogen) atoms. The number of halogens is 3. The molecule has 0 saturated heterocycles. The SMILES string of the molecule is N#CCc1cc(C#N)cc(O)c1C(F)(F)F. The molecule has 0 atom stereocenters. The largest absolute Gasteiger partial charge is 0.507 e. The van der Waals surface area contributed by atoms with Crippen LogP contribution in [0.3, 0.4) is 0 Å². The normalized spacial score (nSPS) is 10.6. The number of phenolic OH excluding ortho intramolecular Hbond substituents is 1. The number of phenols is 1. The van der Waals surface area contributed by atoms with E-state index in [1.54, 1.807) is 12.1 Å². The highest BCUT2D eigenvalue weighted by molar-refractivity contribution is 5.49.